The van der Waals surface area contributed by atoms with E-state index in [1.54, 1.807) is 0 Å². The number of carbonyl (C=O) groups is 1. The molecule has 26 heavy (non-hydrogen) atoms. The Hall–Kier alpha value is -2.05. The van der Waals surface area contributed by atoms with Crippen molar-refractivity contribution in [2.24, 2.45) is 5.92 Å². The summed E-state index contributed by atoms with van der Waals surface area (Å²) < 4.78 is 5.31. The molecule has 0 N–H and O–H groups in total. The van der Waals surface area contributed by atoms with Gasteiger partial charge < -0.3 is 4.74 Å². The summed E-state index contributed by atoms with van der Waals surface area (Å²) in [5, 5.41) is 2.40. The van der Waals surface area contributed by atoms with E-state index in [0.717, 1.165) is 6.16 Å². The van der Waals surface area contributed by atoms with Crippen LogP contribution in [-0.4, -0.2) is 24.5 Å². The summed E-state index contributed by atoms with van der Waals surface area (Å²) in [6.45, 7) is 6.75. The summed E-state index contributed by atoms with van der Waals surface area (Å²) in [6.07, 6.45) is 3.12. The minimum absolute atomic E-state index is 0.232. The molecule has 0 aliphatic carbocycles. The molecule has 0 unspecified atom stereocenters. The van der Waals surface area contributed by atoms with Crippen molar-refractivity contribution in [1.29, 1.82) is 0 Å². The van der Waals surface area contributed by atoms with Crippen molar-refractivity contribution in [2.75, 3.05) is 12.8 Å². The zero-order chi connectivity index (χ0) is 19.0. The predicted octanol–water partition coefficient (Wildman–Crippen LogP) is 4.62. The van der Waals surface area contributed by atoms with E-state index in [9.17, 15) is 4.79 Å². The minimum Gasteiger partial charge on any atom is -0.463 e. The van der Waals surface area contributed by atoms with Gasteiger partial charge in [0.05, 0.1) is 6.61 Å². The molecule has 0 bridgehead atoms. The first-order valence-corrected chi connectivity index (χ1v) is 11.2. The van der Waals surface area contributed by atoms with Crippen LogP contribution in [0.3, 0.4) is 0 Å². The molecule has 2 rings (SSSR count). The van der Waals surface area contributed by atoms with E-state index in [2.05, 4.69) is 51.1 Å². The number of carbonyl (C=O) groups excluding carboxylic acids is 1. The third-order valence-corrected chi connectivity index (χ3v) is 8.51. The summed E-state index contributed by atoms with van der Waals surface area (Å²) in [6, 6.07) is 20.8. The largest absolute Gasteiger partial charge is 0.463 e. The molecule has 0 saturated heterocycles. The Kier molecular flexibility index (Phi) is 7.48. The topological polar surface area (TPSA) is 26.3 Å². The Morgan fingerprint density at radius 1 is 1.00 bits per heavy atom. The molecule has 0 aromatic heterocycles. The molecule has 0 aliphatic rings. The third kappa shape index (κ3) is 4.99. The summed E-state index contributed by atoms with van der Waals surface area (Å²) >= 11 is 0. The van der Waals surface area contributed by atoms with Crippen LogP contribution in [0.1, 0.15) is 27.7 Å². The number of rotatable bonds is 7. The van der Waals surface area contributed by atoms with E-state index in [0.29, 0.717) is 12.5 Å². The standard InChI is InChI=1S/C23H29O2P/c1-5-25-23(24)18-26(17-16-20(4)19(2)3,21-12-8-6-9-13-21)22-14-10-7-11-15-22/h6-16,18-19H,5,17H2,1-4H3/b20-16+. The predicted molar refractivity (Wildman–Crippen MR) is 115 cm³/mol. The van der Waals surface area contributed by atoms with Crippen LogP contribution >= 0.6 is 6.89 Å². The van der Waals surface area contributed by atoms with Crippen LogP contribution in [0.4, 0.5) is 0 Å². The Morgan fingerprint density at radius 3 is 1.92 bits per heavy atom. The highest BCUT2D eigenvalue weighted by atomic mass is 31.2. The van der Waals surface area contributed by atoms with Gasteiger partial charge in [-0.2, -0.15) is 0 Å². The molecule has 0 amide bonds. The van der Waals surface area contributed by atoms with E-state index in [-0.39, 0.29) is 5.97 Å². The second kappa shape index (κ2) is 9.59. The fourth-order valence-corrected chi connectivity index (χ4v) is 6.37. The average molecular weight is 368 g/mol. The van der Waals surface area contributed by atoms with Gasteiger partial charge in [-0.3, -0.25) is 0 Å². The van der Waals surface area contributed by atoms with Crippen LogP contribution in [0.25, 0.3) is 0 Å². The fraction of sp³-hybridized carbons (Fsp3) is 0.304. The first kappa shape index (κ1) is 20.3. The van der Waals surface area contributed by atoms with Gasteiger partial charge in [-0.1, -0.05) is 86.2 Å². The monoisotopic (exact) mass is 368 g/mol. The van der Waals surface area contributed by atoms with Gasteiger partial charge >= 0.3 is 5.97 Å². The Morgan fingerprint density at radius 2 is 1.50 bits per heavy atom. The third-order valence-electron chi connectivity index (χ3n) is 4.66. The Labute approximate surface area is 157 Å². The molecule has 2 aromatic carbocycles. The fourth-order valence-electron chi connectivity index (χ4n) is 2.83. The number of allylic oxidation sites excluding steroid dienone is 2. The van der Waals surface area contributed by atoms with E-state index in [4.69, 9.17) is 4.74 Å². The molecule has 0 aliphatic heterocycles. The summed E-state index contributed by atoms with van der Waals surface area (Å²) in [4.78, 5) is 12.5. The number of esters is 1. The molecule has 0 heterocycles. The van der Waals surface area contributed by atoms with Gasteiger partial charge in [0.15, 0.2) is 0 Å². The lowest BCUT2D eigenvalue weighted by atomic mass is 10.1. The molecular weight excluding hydrogens is 339 g/mol. The van der Waals surface area contributed by atoms with E-state index in [1.165, 1.54) is 16.2 Å². The second-order valence-electron chi connectivity index (χ2n) is 6.71. The van der Waals surface area contributed by atoms with Gasteiger partial charge in [0, 0.05) is 5.80 Å². The van der Waals surface area contributed by atoms with Crippen LogP contribution in [-0.2, 0) is 9.53 Å². The zero-order valence-corrected chi connectivity index (χ0v) is 17.1. The zero-order valence-electron chi connectivity index (χ0n) is 16.2. The van der Waals surface area contributed by atoms with Crippen molar-refractivity contribution in [3.8, 4) is 0 Å². The first-order chi connectivity index (χ1) is 12.5. The van der Waals surface area contributed by atoms with Crippen molar-refractivity contribution in [3.05, 3.63) is 72.3 Å². The number of hydrogen-bond donors (Lipinski definition) is 0. The summed E-state index contributed by atoms with van der Waals surface area (Å²) in [7, 11) is 0. The van der Waals surface area contributed by atoms with Gasteiger partial charge in [-0.05, 0) is 43.4 Å². The summed E-state index contributed by atoms with van der Waals surface area (Å²) in [5.74, 6) is 2.11. The van der Waals surface area contributed by atoms with E-state index < -0.39 is 6.89 Å². The lowest BCUT2D eigenvalue weighted by molar-refractivity contribution is -0.134. The Bertz CT molecular complexity index is 746. The van der Waals surface area contributed by atoms with Gasteiger partial charge in [0.25, 0.3) is 0 Å². The Balaban J connectivity index is 2.71. The first-order valence-electron chi connectivity index (χ1n) is 9.18. The molecule has 0 radical (unpaired) electrons. The van der Waals surface area contributed by atoms with Gasteiger partial charge in [0.2, 0.25) is 0 Å². The molecule has 2 aromatic rings. The minimum atomic E-state index is -2.06. The average Bonchev–Trinajstić information content (AvgIpc) is 2.66. The van der Waals surface area contributed by atoms with Gasteiger partial charge in [-0.15, -0.1) is 0 Å². The maximum absolute atomic E-state index is 12.5. The van der Waals surface area contributed by atoms with Crippen molar-refractivity contribution >= 4 is 29.3 Å². The number of hydrogen-bond acceptors (Lipinski definition) is 2. The smallest absolute Gasteiger partial charge is 0.331 e. The molecule has 3 heteroatoms. The lowest BCUT2D eigenvalue weighted by Crippen LogP contribution is -2.23. The quantitative estimate of drug-likeness (QED) is 0.405. The molecule has 0 saturated carbocycles. The molecule has 2 nitrogen and oxygen atoms in total. The van der Waals surface area contributed by atoms with Gasteiger partial charge in [0.1, 0.15) is 0 Å². The second-order valence-corrected chi connectivity index (χ2v) is 10.1. The maximum Gasteiger partial charge on any atom is 0.331 e. The van der Waals surface area contributed by atoms with Crippen molar-refractivity contribution in [2.45, 2.75) is 27.7 Å². The number of benzene rings is 2. The van der Waals surface area contributed by atoms with Crippen molar-refractivity contribution in [3.63, 3.8) is 0 Å². The van der Waals surface area contributed by atoms with Crippen LogP contribution in [0.5, 0.6) is 0 Å². The number of ether oxygens (including phenoxy) is 1. The van der Waals surface area contributed by atoms with Crippen molar-refractivity contribution in [1.82, 2.24) is 0 Å². The normalized spacial score (nSPS) is 12.1. The molecule has 0 fully saturated rings. The van der Waals surface area contributed by atoms with Crippen LogP contribution in [0, 0.1) is 5.92 Å². The van der Waals surface area contributed by atoms with Crippen molar-refractivity contribution < 1.29 is 9.53 Å². The SMILES string of the molecule is CCOC(=O)C=P(C/C=C(\C)C(C)C)(c1ccccc1)c1ccccc1. The highest BCUT2D eigenvalue weighted by Gasteiger charge is 2.23. The highest BCUT2D eigenvalue weighted by Crippen LogP contribution is 2.45. The molecule has 0 atom stereocenters. The van der Waals surface area contributed by atoms with Crippen LogP contribution < -0.4 is 10.6 Å². The van der Waals surface area contributed by atoms with Crippen LogP contribution in [0.15, 0.2) is 72.3 Å². The van der Waals surface area contributed by atoms with E-state index >= 15 is 0 Å². The molecular formula is C23H29O2P. The van der Waals surface area contributed by atoms with Crippen LogP contribution in [0.2, 0.25) is 0 Å². The highest BCUT2D eigenvalue weighted by molar-refractivity contribution is 7.89. The lowest BCUT2D eigenvalue weighted by Gasteiger charge is -2.27. The maximum atomic E-state index is 12.5. The molecule has 0 spiro atoms. The van der Waals surface area contributed by atoms with E-state index in [1.807, 2.05) is 49.1 Å². The summed E-state index contributed by atoms with van der Waals surface area (Å²) in [5.41, 5.74) is 1.35. The molecule has 138 valence electrons. The van der Waals surface area contributed by atoms with Gasteiger partial charge in [-0.25, -0.2) is 4.79 Å².